The fourth-order valence-electron chi connectivity index (χ4n) is 3.11. The molecule has 3 aromatic rings. The predicted octanol–water partition coefficient (Wildman–Crippen LogP) is 4.83. The molecule has 0 atom stereocenters. The van der Waals surface area contributed by atoms with Crippen LogP contribution in [0.4, 0.5) is 14.9 Å². The average molecular weight is 495 g/mol. The molecule has 1 saturated heterocycles. The number of hydrogen-bond donors (Lipinski definition) is 1. The number of ether oxygens (including phenoxy) is 1. The third-order valence-corrected chi connectivity index (χ3v) is 5.24. The number of imide groups is 2. The van der Waals surface area contributed by atoms with E-state index >= 15 is 0 Å². The number of anilines is 1. The fraction of sp³-hybridized carbons (Fsp3) is 0.0417. The average Bonchev–Trinajstić information content (AvgIpc) is 2.78. The second-order valence-electron chi connectivity index (χ2n) is 6.89. The molecule has 1 heterocycles. The number of halogens is 2. The smallest absolute Gasteiger partial charge is 0.335 e. The Kier molecular flexibility index (Phi) is 6.13. The third kappa shape index (κ3) is 4.60. The topological polar surface area (TPSA) is 75.7 Å². The van der Waals surface area contributed by atoms with Gasteiger partial charge in [-0.3, -0.25) is 14.9 Å². The molecular weight excluding hydrogens is 479 g/mol. The van der Waals surface area contributed by atoms with Gasteiger partial charge in [0, 0.05) is 10.0 Å². The van der Waals surface area contributed by atoms with Crippen molar-refractivity contribution >= 4 is 45.5 Å². The highest BCUT2D eigenvalue weighted by Gasteiger charge is 2.37. The van der Waals surface area contributed by atoms with E-state index in [0.717, 1.165) is 27.1 Å². The summed E-state index contributed by atoms with van der Waals surface area (Å²) in [6.07, 6.45) is 1.37. The summed E-state index contributed by atoms with van der Waals surface area (Å²) in [5.74, 6) is -1.68. The Morgan fingerprint density at radius 1 is 0.938 bits per heavy atom. The summed E-state index contributed by atoms with van der Waals surface area (Å²) >= 11 is 3.38. The van der Waals surface area contributed by atoms with Crippen molar-refractivity contribution in [3.63, 3.8) is 0 Å². The Balaban J connectivity index is 1.62. The number of nitrogens with zero attached hydrogens (tertiary/aromatic N) is 1. The van der Waals surface area contributed by atoms with E-state index in [2.05, 4.69) is 21.2 Å². The zero-order chi connectivity index (χ0) is 22.7. The molecule has 3 aromatic carbocycles. The van der Waals surface area contributed by atoms with Crippen LogP contribution in [0.5, 0.6) is 5.75 Å². The normalized spacial score (nSPS) is 15.1. The molecule has 1 N–H and O–H groups in total. The molecule has 6 nitrogen and oxygen atoms in total. The van der Waals surface area contributed by atoms with Gasteiger partial charge in [-0.2, -0.15) is 0 Å². The van der Waals surface area contributed by atoms with E-state index in [-0.39, 0.29) is 17.9 Å². The SMILES string of the molecule is O=C1NC(=O)N(c2ccc(F)cc2)C(=O)/C1=C/c1ccccc1OCc1ccc(Br)cc1. The number of carbonyl (C=O) groups is 3. The van der Waals surface area contributed by atoms with Gasteiger partial charge in [0.15, 0.2) is 0 Å². The van der Waals surface area contributed by atoms with Gasteiger partial charge in [0.1, 0.15) is 23.7 Å². The third-order valence-electron chi connectivity index (χ3n) is 4.71. The summed E-state index contributed by atoms with van der Waals surface area (Å²) in [5.41, 5.74) is 1.34. The largest absolute Gasteiger partial charge is 0.488 e. The van der Waals surface area contributed by atoms with Crippen molar-refractivity contribution in [1.29, 1.82) is 0 Å². The molecule has 0 unspecified atom stereocenters. The molecule has 1 aliphatic rings. The number of urea groups is 1. The summed E-state index contributed by atoms with van der Waals surface area (Å²) in [4.78, 5) is 38.5. The first-order chi connectivity index (χ1) is 15.4. The maximum atomic E-state index is 13.2. The molecule has 160 valence electrons. The van der Waals surface area contributed by atoms with Crippen molar-refractivity contribution < 1.29 is 23.5 Å². The van der Waals surface area contributed by atoms with Gasteiger partial charge in [-0.15, -0.1) is 0 Å². The lowest BCUT2D eigenvalue weighted by Gasteiger charge is -2.26. The first-order valence-electron chi connectivity index (χ1n) is 9.55. The summed E-state index contributed by atoms with van der Waals surface area (Å²) in [6, 6.07) is 18.5. The van der Waals surface area contributed by atoms with Gasteiger partial charge in [0.05, 0.1) is 5.69 Å². The number of hydrogen-bond acceptors (Lipinski definition) is 4. The monoisotopic (exact) mass is 494 g/mol. The van der Waals surface area contributed by atoms with Crippen molar-refractivity contribution in [2.24, 2.45) is 0 Å². The van der Waals surface area contributed by atoms with Crippen molar-refractivity contribution in [1.82, 2.24) is 5.32 Å². The number of amides is 4. The molecule has 0 aromatic heterocycles. The molecule has 1 fully saturated rings. The minimum Gasteiger partial charge on any atom is -0.488 e. The van der Waals surface area contributed by atoms with Crippen LogP contribution < -0.4 is 15.0 Å². The fourth-order valence-corrected chi connectivity index (χ4v) is 3.37. The van der Waals surface area contributed by atoms with Crippen LogP contribution in [-0.4, -0.2) is 17.8 Å². The predicted molar refractivity (Wildman–Crippen MR) is 120 cm³/mol. The number of para-hydroxylation sites is 1. The molecule has 0 radical (unpaired) electrons. The minimum atomic E-state index is -0.900. The maximum absolute atomic E-state index is 13.2. The molecule has 0 bridgehead atoms. The van der Waals surface area contributed by atoms with Gasteiger partial charge >= 0.3 is 6.03 Å². The molecule has 4 rings (SSSR count). The van der Waals surface area contributed by atoms with E-state index in [1.165, 1.54) is 18.2 Å². The molecule has 0 spiro atoms. The maximum Gasteiger partial charge on any atom is 0.335 e. The highest BCUT2D eigenvalue weighted by atomic mass is 79.9. The number of rotatable bonds is 5. The second-order valence-corrected chi connectivity index (χ2v) is 7.80. The number of barbiturate groups is 1. The van der Waals surface area contributed by atoms with Crippen molar-refractivity contribution in [3.05, 3.63) is 99.8 Å². The summed E-state index contributed by atoms with van der Waals surface area (Å²) in [7, 11) is 0. The van der Waals surface area contributed by atoms with Gasteiger partial charge in [-0.25, -0.2) is 14.1 Å². The molecule has 0 saturated carbocycles. The highest BCUT2D eigenvalue weighted by Crippen LogP contribution is 2.26. The van der Waals surface area contributed by atoms with Gasteiger partial charge in [0.2, 0.25) is 0 Å². The van der Waals surface area contributed by atoms with Crippen LogP contribution in [0, 0.1) is 5.82 Å². The van der Waals surface area contributed by atoms with Crippen LogP contribution in [0.3, 0.4) is 0 Å². The Labute approximate surface area is 191 Å². The van der Waals surface area contributed by atoms with E-state index in [9.17, 15) is 18.8 Å². The quantitative estimate of drug-likeness (QED) is 0.407. The van der Waals surface area contributed by atoms with Crippen LogP contribution >= 0.6 is 15.9 Å². The van der Waals surface area contributed by atoms with Crippen LogP contribution in [0.2, 0.25) is 0 Å². The minimum absolute atomic E-state index is 0.145. The van der Waals surface area contributed by atoms with Crippen molar-refractivity contribution in [2.45, 2.75) is 6.61 Å². The highest BCUT2D eigenvalue weighted by molar-refractivity contribution is 9.10. The van der Waals surface area contributed by atoms with Crippen molar-refractivity contribution in [2.75, 3.05) is 4.90 Å². The molecule has 4 amide bonds. The number of benzene rings is 3. The molecule has 0 aliphatic carbocycles. The first kappa shape index (κ1) is 21.5. The molecule has 32 heavy (non-hydrogen) atoms. The lowest BCUT2D eigenvalue weighted by atomic mass is 10.1. The Morgan fingerprint density at radius 2 is 1.62 bits per heavy atom. The zero-order valence-electron chi connectivity index (χ0n) is 16.5. The Bertz CT molecular complexity index is 1220. The van der Waals surface area contributed by atoms with E-state index in [4.69, 9.17) is 4.74 Å². The van der Waals surface area contributed by atoms with E-state index in [1.807, 2.05) is 24.3 Å². The molecule has 1 aliphatic heterocycles. The van der Waals surface area contributed by atoms with Gasteiger partial charge in [-0.05, 0) is 54.1 Å². The second kappa shape index (κ2) is 9.15. The Morgan fingerprint density at radius 3 is 2.34 bits per heavy atom. The summed E-state index contributed by atoms with van der Waals surface area (Å²) < 4.78 is 20.1. The van der Waals surface area contributed by atoms with E-state index < -0.39 is 23.7 Å². The van der Waals surface area contributed by atoms with E-state index in [1.54, 1.807) is 24.3 Å². The number of carbonyl (C=O) groups excluding carboxylic acids is 3. The first-order valence-corrected chi connectivity index (χ1v) is 10.3. The van der Waals surface area contributed by atoms with Crippen molar-refractivity contribution in [3.8, 4) is 5.75 Å². The molecule has 8 heteroatoms. The van der Waals surface area contributed by atoms with Gasteiger partial charge < -0.3 is 4.74 Å². The lowest BCUT2D eigenvalue weighted by Crippen LogP contribution is -2.54. The van der Waals surface area contributed by atoms with Crippen LogP contribution in [0.1, 0.15) is 11.1 Å². The van der Waals surface area contributed by atoms with E-state index in [0.29, 0.717) is 11.3 Å². The molecular formula is C24H16BrFN2O4. The summed E-state index contributed by atoms with van der Waals surface area (Å²) in [6.45, 7) is 0.286. The lowest BCUT2D eigenvalue weighted by molar-refractivity contribution is -0.122. The number of nitrogens with one attached hydrogen (secondary N) is 1. The van der Waals surface area contributed by atoms with Gasteiger partial charge in [-0.1, -0.05) is 46.3 Å². The van der Waals surface area contributed by atoms with Gasteiger partial charge in [0.25, 0.3) is 11.8 Å². The van der Waals surface area contributed by atoms with Crippen LogP contribution in [0.25, 0.3) is 6.08 Å². The Hall–Kier alpha value is -3.78. The van der Waals surface area contributed by atoms with Crippen LogP contribution in [-0.2, 0) is 16.2 Å². The summed E-state index contributed by atoms with van der Waals surface area (Å²) in [5, 5.41) is 2.15. The standard InChI is InChI=1S/C24H16BrFN2O4/c25-17-7-5-15(6-8-17)14-32-21-4-2-1-3-16(21)13-20-22(29)27-24(31)28(23(20)30)19-11-9-18(26)10-12-19/h1-13H,14H2,(H,27,29,31)/b20-13+. The van der Waals surface area contributed by atoms with Crippen LogP contribution in [0.15, 0.2) is 82.8 Å². The zero-order valence-corrected chi connectivity index (χ0v) is 18.1.